The average Bonchev–Trinajstić information content (AvgIpc) is 2.67. The topological polar surface area (TPSA) is 23.6 Å². The van der Waals surface area contributed by atoms with Gasteiger partial charge in [0.2, 0.25) is 0 Å². The molecule has 1 heterocycles. The van der Waals surface area contributed by atoms with E-state index in [0.717, 1.165) is 36.5 Å². The van der Waals surface area contributed by atoms with Gasteiger partial charge in [-0.1, -0.05) is 0 Å². The molecule has 1 saturated heterocycles. The highest BCUT2D eigenvalue weighted by molar-refractivity contribution is 7.99. The zero-order valence-corrected chi connectivity index (χ0v) is 11.9. The van der Waals surface area contributed by atoms with Crippen molar-refractivity contribution < 1.29 is 4.79 Å². The van der Waals surface area contributed by atoms with Gasteiger partial charge in [0, 0.05) is 44.2 Å². The van der Waals surface area contributed by atoms with Crippen LogP contribution in [0.25, 0.3) is 0 Å². The number of rotatable bonds is 2. The highest BCUT2D eigenvalue weighted by atomic mass is 32.2. The normalized spacial score (nSPS) is 16.2. The minimum absolute atomic E-state index is 0.169. The van der Waals surface area contributed by atoms with Crippen molar-refractivity contribution in [3.63, 3.8) is 0 Å². The second kappa shape index (κ2) is 6.14. The zero-order chi connectivity index (χ0) is 13.0. The van der Waals surface area contributed by atoms with Crippen molar-refractivity contribution in [2.45, 2.75) is 6.42 Å². The van der Waals surface area contributed by atoms with E-state index in [2.05, 4.69) is 0 Å². The third kappa shape index (κ3) is 3.19. The van der Waals surface area contributed by atoms with Gasteiger partial charge in [-0.2, -0.15) is 11.8 Å². The van der Waals surface area contributed by atoms with Crippen LogP contribution in [0.2, 0.25) is 0 Å². The van der Waals surface area contributed by atoms with Gasteiger partial charge in [0.15, 0.2) is 0 Å². The van der Waals surface area contributed by atoms with Crippen molar-refractivity contribution in [2.75, 3.05) is 43.6 Å². The van der Waals surface area contributed by atoms with Crippen LogP contribution in [-0.4, -0.2) is 49.5 Å². The first kappa shape index (κ1) is 13.3. The third-order valence-electron chi connectivity index (χ3n) is 3.14. The van der Waals surface area contributed by atoms with Crippen LogP contribution in [0.4, 0.5) is 5.69 Å². The molecule has 3 nitrogen and oxygen atoms in total. The Morgan fingerprint density at radius 1 is 1.17 bits per heavy atom. The maximum atomic E-state index is 12.3. The standard InChI is InChI=1S/C14H20N2OS/c1-15(2)13-6-4-12(5-7-13)14(17)16-8-3-10-18-11-9-16/h4-7H,3,8-11H2,1-2H3. The van der Waals surface area contributed by atoms with E-state index in [1.54, 1.807) is 0 Å². The van der Waals surface area contributed by atoms with Crippen LogP contribution in [0.15, 0.2) is 24.3 Å². The van der Waals surface area contributed by atoms with Crippen molar-refractivity contribution >= 4 is 23.4 Å². The molecule has 0 bridgehead atoms. The van der Waals surface area contributed by atoms with Gasteiger partial charge in [0.1, 0.15) is 0 Å². The molecular formula is C14H20N2OS. The summed E-state index contributed by atoms with van der Waals surface area (Å²) in [7, 11) is 4.01. The van der Waals surface area contributed by atoms with E-state index in [-0.39, 0.29) is 5.91 Å². The van der Waals surface area contributed by atoms with Crippen LogP contribution in [0.5, 0.6) is 0 Å². The summed E-state index contributed by atoms with van der Waals surface area (Å²) in [6.45, 7) is 1.76. The van der Waals surface area contributed by atoms with Crippen molar-refractivity contribution in [2.24, 2.45) is 0 Å². The molecule has 0 spiro atoms. The molecule has 2 rings (SSSR count). The van der Waals surface area contributed by atoms with Gasteiger partial charge in [-0.05, 0) is 36.4 Å². The molecule has 0 radical (unpaired) electrons. The predicted molar refractivity (Wildman–Crippen MR) is 78.6 cm³/mol. The molecule has 1 aliphatic rings. The summed E-state index contributed by atoms with van der Waals surface area (Å²) in [5.74, 6) is 2.40. The summed E-state index contributed by atoms with van der Waals surface area (Å²) in [4.78, 5) is 16.4. The molecule has 1 aromatic carbocycles. The summed E-state index contributed by atoms with van der Waals surface area (Å²) >= 11 is 1.94. The van der Waals surface area contributed by atoms with E-state index >= 15 is 0 Å². The fraction of sp³-hybridized carbons (Fsp3) is 0.500. The molecule has 0 N–H and O–H groups in total. The van der Waals surface area contributed by atoms with E-state index in [1.165, 1.54) is 5.75 Å². The van der Waals surface area contributed by atoms with Gasteiger partial charge in [0.05, 0.1) is 0 Å². The minimum Gasteiger partial charge on any atom is -0.378 e. The van der Waals surface area contributed by atoms with Crippen molar-refractivity contribution in [1.29, 1.82) is 0 Å². The predicted octanol–water partition coefficient (Wildman–Crippen LogP) is 2.33. The fourth-order valence-corrected chi connectivity index (χ4v) is 2.92. The Balaban J connectivity index is 2.07. The van der Waals surface area contributed by atoms with Gasteiger partial charge >= 0.3 is 0 Å². The van der Waals surface area contributed by atoms with Gasteiger partial charge in [-0.25, -0.2) is 0 Å². The number of hydrogen-bond acceptors (Lipinski definition) is 3. The zero-order valence-electron chi connectivity index (χ0n) is 11.1. The number of amides is 1. The Morgan fingerprint density at radius 3 is 2.56 bits per heavy atom. The second-order valence-electron chi connectivity index (χ2n) is 4.70. The SMILES string of the molecule is CN(C)c1ccc(C(=O)N2CCCSCC2)cc1. The maximum absolute atomic E-state index is 12.3. The van der Waals surface area contributed by atoms with E-state index in [0.29, 0.717) is 0 Å². The Labute approximate surface area is 113 Å². The third-order valence-corrected chi connectivity index (χ3v) is 4.19. The maximum Gasteiger partial charge on any atom is 0.253 e. The number of thioether (sulfide) groups is 1. The van der Waals surface area contributed by atoms with Gasteiger partial charge in [-0.3, -0.25) is 4.79 Å². The summed E-state index contributed by atoms with van der Waals surface area (Å²) in [5, 5.41) is 0. The minimum atomic E-state index is 0.169. The van der Waals surface area contributed by atoms with Crippen LogP contribution >= 0.6 is 11.8 Å². The van der Waals surface area contributed by atoms with Gasteiger partial charge < -0.3 is 9.80 Å². The number of benzene rings is 1. The highest BCUT2D eigenvalue weighted by Gasteiger charge is 2.17. The number of hydrogen-bond donors (Lipinski definition) is 0. The fourth-order valence-electron chi connectivity index (χ4n) is 2.03. The van der Waals surface area contributed by atoms with Crippen LogP contribution in [0.3, 0.4) is 0 Å². The van der Waals surface area contributed by atoms with Crippen molar-refractivity contribution in [3.05, 3.63) is 29.8 Å². The lowest BCUT2D eigenvalue weighted by atomic mass is 10.1. The van der Waals surface area contributed by atoms with Gasteiger partial charge in [-0.15, -0.1) is 0 Å². The molecule has 1 aliphatic heterocycles. The van der Waals surface area contributed by atoms with E-state index in [1.807, 2.05) is 59.9 Å². The van der Waals surface area contributed by atoms with E-state index in [4.69, 9.17) is 0 Å². The molecule has 0 aromatic heterocycles. The van der Waals surface area contributed by atoms with E-state index in [9.17, 15) is 4.79 Å². The molecule has 1 fully saturated rings. The number of carbonyl (C=O) groups excluding carboxylic acids is 1. The lowest BCUT2D eigenvalue weighted by molar-refractivity contribution is 0.0768. The first-order chi connectivity index (χ1) is 8.68. The van der Waals surface area contributed by atoms with Crippen LogP contribution in [0, 0.1) is 0 Å². The molecular weight excluding hydrogens is 244 g/mol. The number of nitrogens with zero attached hydrogens (tertiary/aromatic N) is 2. The number of carbonyl (C=O) groups is 1. The second-order valence-corrected chi connectivity index (χ2v) is 5.92. The first-order valence-corrected chi connectivity index (χ1v) is 7.48. The molecule has 0 unspecified atom stereocenters. The molecule has 18 heavy (non-hydrogen) atoms. The van der Waals surface area contributed by atoms with Crippen LogP contribution in [0.1, 0.15) is 16.8 Å². The monoisotopic (exact) mass is 264 g/mol. The first-order valence-electron chi connectivity index (χ1n) is 6.33. The lowest BCUT2D eigenvalue weighted by Crippen LogP contribution is -2.32. The molecule has 4 heteroatoms. The Kier molecular flexibility index (Phi) is 4.53. The summed E-state index contributed by atoms with van der Waals surface area (Å²) in [6.07, 6.45) is 1.10. The summed E-state index contributed by atoms with van der Waals surface area (Å²) in [6, 6.07) is 7.85. The molecule has 98 valence electrons. The molecule has 0 aliphatic carbocycles. The molecule has 0 atom stereocenters. The summed E-state index contributed by atoms with van der Waals surface area (Å²) in [5.41, 5.74) is 1.92. The molecule has 1 aromatic rings. The van der Waals surface area contributed by atoms with Crippen molar-refractivity contribution in [3.8, 4) is 0 Å². The van der Waals surface area contributed by atoms with Crippen molar-refractivity contribution in [1.82, 2.24) is 4.90 Å². The lowest BCUT2D eigenvalue weighted by Gasteiger charge is -2.20. The Bertz CT molecular complexity index is 395. The quantitative estimate of drug-likeness (QED) is 0.819. The molecule has 1 amide bonds. The van der Waals surface area contributed by atoms with E-state index < -0.39 is 0 Å². The van der Waals surface area contributed by atoms with Gasteiger partial charge in [0.25, 0.3) is 5.91 Å². The Hall–Kier alpha value is -1.16. The average molecular weight is 264 g/mol. The van der Waals surface area contributed by atoms with Crippen LogP contribution < -0.4 is 4.90 Å². The smallest absolute Gasteiger partial charge is 0.253 e. The Morgan fingerprint density at radius 2 is 1.89 bits per heavy atom. The summed E-state index contributed by atoms with van der Waals surface area (Å²) < 4.78 is 0. The van der Waals surface area contributed by atoms with Crippen LogP contribution in [-0.2, 0) is 0 Å². The largest absolute Gasteiger partial charge is 0.378 e. The molecule has 0 saturated carbocycles. The number of anilines is 1. The highest BCUT2D eigenvalue weighted by Crippen LogP contribution is 2.16.